The summed E-state index contributed by atoms with van der Waals surface area (Å²) in [4.78, 5) is 16.5. The number of nitrogens with one attached hydrogen (secondary N) is 1. The average molecular weight is 341 g/mol. The van der Waals surface area contributed by atoms with Crippen LogP contribution in [0.25, 0.3) is 0 Å². The first-order valence-corrected chi connectivity index (χ1v) is 8.69. The lowest BCUT2D eigenvalue weighted by molar-refractivity contribution is -0.122. The summed E-state index contributed by atoms with van der Waals surface area (Å²) in [6.45, 7) is 4.95. The van der Waals surface area contributed by atoms with E-state index in [9.17, 15) is 9.18 Å². The maximum absolute atomic E-state index is 13.7. The average Bonchev–Trinajstić information content (AvgIpc) is 2.64. The van der Waals surface area contributed by atoms with Crippen LogP contribution in [0, 0.1) is 5.82 Å². The third-order valence-corrected chi connectivity index (χ3v) is 4.52. The fraction of sp³-hybridized carbons (Fsp3) is 0.350. The van der Waals surface area contributed by atoms with E-state index in [1.54, 1.807) is 6.07 Å². The Hall–Kier alpha value is -2.24. The van der Waals surface area contributed by atoms with Crippen LogP contribution in [-0.4, -0.2) is 48.4 Å². The number of hydrogen-bond acceptors (Lipinski definition) is 3. The Morgan fingerprint density at radius 2 is 1.56 bits per heavy atom. The molecule has 1 aliphatic rings. The van der Waals surface area contributed by atoms with Gasteiger partial charge in [0.05, 0.1) is 6.54 Å². The zero-order chi connectivity index (χ0) is 17.5. The van der Waals surface area contributed by atoms with E-state index in [1.807, 2.05) is 42.5 Å². The van der Waals surface area contributed by atoms with Crippen molar-refractivity contribution in [1.29, 1.82) is 0 Å². The Bertz CT molecular complexity index is 684. The zero-order valence-electron chi connectivity index (χ0n) is 14.3. The number of hydrogen-bond donors (Lipinski definition) is 1. The summed E-state index contributed by atoms with van der Waals surface area (Å²) in [5.41, 5.74) is 1.84. The van der Waals surface area contributed by atoms with Crippen LogP contribution in [0.2, 0.25) is 0 Å². The van der Waals surface area contributed by atoms with Gasteiger partial charge in [-0.15, -0.1) is 0 Å². The molecule has 4 nitrogen and oxygen atoms in total. The summed E-state index contributed by atoms with van der Waals surface area (Å²) < 4.78 is 13.7. The molecule has 0 radical (unpaired) electrons. The van der Waals surface area contributed by atoms with Gasteiger partial charge in [-0.2, -0.15) is 0 Å². The number of rotatable bonds is 6. The molecule has 2 aromatic carbocycles. The molecule has 0 atom stereocenters. The van der Waals surface area contributed by atoms with E-state index in [-0.39, 0.29) is 11.7 Å². The summed E-state index contributed by atoms with van der Waals surface area (Å²) in [7, 11) is 0. The van der Waals surface area contributed by atoms with Crippen molar-refractivity contribution in [3.05, 3.63) is 71.5 Å². The molecule has 0 bridgehead atoms. The third-order valence-electron chi connectivity index (χ3n) is 4.52. The molecule has 132 valence electrons. The van der Waals surface area contributed by atoms with Gasteiger partial charge in [-0.3, -0.25) is 14.6 Å². The van der Waals surface area contributed by atoms with Crippen LogP contribution in [0.15, 0.2) is 54.6 Å². The second-order valence-corrected chi connectivity index (χ2v) is 6.41. The number of amides is 1. The van der Waals surface area contributed by atoms with Crippen molar-refractivity contribution in [2.24, 2.45) is 0 Å². The molecule has 1 amide bonds. The smallest absolute Gasteiger partial charge is 0.234 e. The Balaban J connectivity index is 1.39. The number of carbonyl (C=O) groups is 1. The molecule has 1 aliphatic heterocycles. The lowest BCUT2D eigenvalue weighted by Crippen LogP contribution is -2.49. The SMILES string of the molecule is O=C(CN1CCN(Cc2ccccc2F)CC1)NCc1ccccc1. The molecule has 0 saturated carbocycles. The van der Waals surface area contributed by atoms with E-state index in [0.717, 1.165) is 37.3 Å². The maximum atomic E-state index is 13.7. The molecule has 25 heavy (non-hydrogen) atoms. The van der Waals surface area contributed by atoms with Crippen LogP contribution in [-0.2, 0) is 17.9 Å². The van der Waals surface area contributed by atoms with E-state index >= 15 is 0 Å². The van der Waals surface area contributed by atoms with Gasteiger partial charge in [0.15, 0.2) is 0 Å². The molecule has 3 rings (SSSR count). The highest BCUT2D eigenvalue weighted by Gasteiger charge is 2.19. The van der Waals surface area contributed by atoms with Crippen LogP contribution < -0.4 is 5.32 Å². The molecule has 0 unspecified atom stereocenters. The first kappa shape index (κ1) is 17.6. The molecule has 0 spiro atoms. The molecule has 1 heterocycles. The maximum Gasteiger partial charge on any atom is 0.234 e. The van der Waals surface area contributed by atoms with Crippen LogP contribution in [0.1, 0.15) is 11.1 Å². The van der Waals surface area contributed by atoms with E-state index < -0.39 is 0 Å². The third kappa shape index (κ3) is 5.37. The lowest BCUT2D eigenvalue weighted by Gasteiger charge is -2.34. The van der Waals surface area contributed by atoms with Crippen molar-refractivity contribution in [2.75, 3.05) is 32.7 Å². The summed E-state index contributed by atoms with van der Waals surface area (Å²) in [6, 6.07) is 16.8. The number of carbonyl (C=O) groups excluding carboxylic acids is 1. The molecule has 1 fully saturated rings. The van der Waals surface area contributed by atoms with Gasteiger partial charge in [0.25, 0.3) is 0 Å². The Morgan fingerprint density at radius 3 is 2.28 bits per heavy atom. The van der Waals surface area contributed by atoms with E-state index in [1.165, 1.54) is 6.07 Å². The fourth-order valence-electron chi connectivity index (χ4n) is 3.03. The fourth-order valence-corrected chi connectivity index (χ4v) is 3.03. The summed E-state index contributed by atoms with van der Waals surface area (Å²) >= 11 is 0. The first-order chi connectivity index (χ1) is 12.2. The van der Waals surface area contributed by atoms with Gasteiger partial charge in [0, 0.05) is 44.8 Å². The number of nitrogens with zero attached hydrogens (tertiary/aromatic N) is 2. The Kier molecular flexibility index (Phi) is 6.14. The van der Waals surface area contributed by atoms with Crippen molar-refractivity contribution in [3.8, 4) is 0 Å². The molecule has 1 N–H and O–H groups in total. The second kappa shape index (κ2) is 8.74. The molecule has 2 aromatic rings. The normalized spacial score (nSPS) is 15.9. The first-order valence-electron chi connectivity index (χ1n) is 8.69. The van der Waals surface area contributed by atoms with Gasteiger partial charge in [-0.1, -0.05) is 48.5 Å². The number of benzene rings is 2. The highest BCUT2D eigenvalue weighted by Crippen LogP contribution is 2.12. The molecule has 0 aliphatic carbocycles. The van der Waals surface area contributed by atoms with Crippen LogP contribution >= 0.6 is 0 Å². The van der Waals surface area contributed by atoms with Crippen LogP contribution in [0.5, 0.6) is 0 Å². The summed E-state index contributed by atoms with van der Waals surface area (Å²) in [5.74, 6) is -0.100. The van der Waals surface area contributed by atoms with E-state index in [2.05, 4.69) is 15.1 Å². The summed E-state index contributed by atoms with van der Waals surface area (Å²) in [6.07, 6.45) is 0. The monoisotopic (exact) mass is 341 g/mol. The van der Waals surface area contributed by atoms with Crippen molar-refractivity contribution in [3.63, 3.8) is 0 Å². The zero-order valence-corrected chi connectivity index (χ0v) is 14.3. The minimum atomic E-state index is -0.148. The predicted molar refractivity (Wildman–Crippen MR) is 96.4 cm³/mol. The van der Waals surface area contributed by atoms with Crippen LogP contribution in [0.3, 0.4) is 0 Å². The van der Waals surface area contributed by atoms with Gasteiger partial charge < -0.3 is 5.32 Å². The standard InChI is InChI=1S/C20H24FN3O/c21-19-9-5-4-8-18(19)15-23-10-12-24(13-11-23)16-20(25)22-14-17-6-2-1-3-7-17/h1-9H,10-16H2,(H,22,25). The van der Waals surface area contributed by atoms with Gasteiger partial charge in [0.2, 0.25) is 5.91 Å². The lowest BCUT2D eigenvalue weighted by atomic mass is 10.2. The van der Waals surface area contributed by atoms with Crippen molar-refractivity contribution >= 4 is 5.91 Å². The van der Waals surface area contributed by atoms with E-state index in [0.29, 0.717) is 19.6 Å². The minimum Gasteiger partial charge on any atom is -0.351 e. The van der Waals surface area contributed by atoms with Gasteiger partial charge in [0.1, 0.15) is 5.82 Å². The second-order valence-electron chi connectivity index (χ2n) is 6.41. The minimum absolute atomic E-state index is 0.0476. The quantitative estimate of drug-likeness (QED) is 0.875. The van der Waals surface area contributed by atoms with Crippen molar-refractivity contribution in [2.45, 2.75) is 13.1 Å². The Labute approximate surface area is 148 Å². The largest absolute Gasteiger partial charge is 0.351 e. The highest BCUT2D eigenvalue weighted by molar-refractivity contribution is 5.78. The van der Waals surface area contributed by atoms with Gasteiger partial charge in [-0.05, 0) is 11.6 Å². The predicted octanol–water partition coefficient (Wildman–Crippen LogP) is 2.26. The Morgan fingerprint density at radius 1 is 0.920 bits per heavy atom. The number of halogens is 1. The molecular formula is C20H24FN3O. The van der Waals surface area contributed by atoms with E-state index in [4.69, 9.17) is 0 Å². The molecular weight excluding hydrogens is 317 g/mol. The van der Waals surface area contributed by atoms with Gasteiger partial charge in [-0.25, -0.2) is 4.39 Å². The van der Waals surface area contributed by atoms with Crippen molar-refractivity contribution < 1.29 is 9.18 Å². The molecule has 1 saturated heterocycles. The number of piperazine rings is 1. The molecule has 0 aromatic heterocycles. The topological polar surface area (TPSA) is 35.6 Å². The van der Waals surface area contributed by atoms with Crippen LogP contribution in [0.4, 0.5) is 4.39 Å². The van der Waals surface area contributed by atoms with Crippen molar-refractivity contribution in [1.82, 2.24) is 15.1 Å². The van der Waals surface area contributed by atoms with Gasteiger partial charge >= 0.3 is 0 Å². The summed E-state index contributed by atoms with van der Waals surface area (Å²) in [5, 5.41) is 2.96. The molecule has 5 heteroatoms. The highest BCUT2D eigenvalue weighted by atomic mass is 19.1.